The largest absolute Gasteiger partial charge is 0.496 e. The van der Waals surface area contributed by atoms with E-state index in [1.54, 1.807) is 19.4 Å². The molecule has 4 heteroatoms. The third kappa shape index (κ3) is 3.36. The van der Waals surface area contributed by atoms with E-state index in [-0.39, 0.29) is 6.61 Å². The lowest BCUT2D eigenvalue weighted by Gasteiger charge is -2.04. The number of nitriles is 1. The predicted molar refractivity (Wildman–Crippen MR) is 76.5 cm³/mol. The molecule has 2 aromatic rings. The molecule has 2 aromatic carbocycles. The zero-order chi connectivity index (χ0) is 14.2. The van der Waals surface area contributed by atoms with Crippen LogP contribution in [0.4, 0.5) is 0 Å². The van der Waals surface area contributed by atoms with Gasteiger partial charge in [0.15, 0.2) is 0 Å². The van der Waals surface area contributed by atoms with Gasteiger partial charge in [-0.1, -0.05) is 35.5 Å². The first-order valence-corrected chi connectivity index (χ1v) is 6.11. The van der Waals surface area contributed by atoms with Gasteiger partial charge in [0.1, 0.15) is 12.4 Å². The van der Waals surface area contributed by atoms with Crippen LogP contribution in [-0.2, 0) is 11.4 Å². The molecule has 20 heavy (non-hydrogen) atoms. The van der Waals surface area contributed by atoms with Crippen molar-refractivity contribution in [1.29, 1.82) is 5.26 Å². The zero-order valence-corrected chi connectivity index (χ0v) is 11.1. The Labute approximate surface area is 117 Å². The first kappa shape index (κ1) is 13.6. The van der Waals surface area contributed by atoms with Crippen LogP contribution in [0, 0.1) is 11.3 Å². The van der Waals surface area contributed by atoms with Crippen LogP contribution in [0.5, 0.6) is 5.75 Å². The average Bonchev–Trinajstić information content (AvgIpc) is 2.52. The predicted octanol–water partition coefficient (Wildman–Crippen LogP) is 3.12. The normalized spacial score (nSPS) is 10.2. The van der Waals surface area contributed by atoms with Crippen LogP contribution < -0.4 is 4.74 Å². The summed E-state index contributed by atoms with van der Waals surface area (Å²) in [5, 5.41) is 12.9. The quantitative estimate of drug-likeness (QED) is 0.617. The molecule has 0 aromatic heterocycles. The number of para-hydroxylation sites is 1. The Bertz CT molecular complexity index is 645. The lowest BCUT2D eigenvalue weighted by atomic mass is 10.1. The molecule has 0 saturated carbocycles. The molecule has 0 unspecified atom stereocenters. The van der Waals surface area contributed by atoms with E-state index in [2.05, 4.69) is 11.2 Å². The second-order valence-corrected chi connectivity index (χ2v) is 4.02. The number of benzene rings is 2. The van der Waals surface area contributed by atoms with Crippen molar-refractivity contribution in [2.75, 3.05) is 7.11 Å². The highest BCUT2D eigenvalue weighted by Crippen LogP contribution is 2.15. The Morgan fingerprint density at radius 3 is 2.70 bits per heavy atom. The summed E-state index contributed by atoms with van der Waals surface area (Å²) in [6, 6.07) is 16.9. The van der Waals surface area contributed by atoms with Gasteiger partial charge in [0.05, 0.1) is 25.0 Å². The fraction of sp³-hybridized carbons (Fsp3) is 0.125. The van der Waals surface area contributed by atoms with Crippen molar-refractivity contribution in [2.45, 2.75) is 6.61 Å². The minimum Gasteiger partial charge on any atom is -0.496 e. The molecule has 0 aliphatic heterocycles. The molecule has 0 bridgehead atoms. The summed E-state index contributed by atoms with van der Waals surface area (Å²) in [5.74, 6) is 0.734. The van der Waals surface area contributed by atoms with Crippen LogP contribution in [0.25, 0.3) is 0 Å². The van der Waals surface area contributed by atoms with Crippen LogP contribution in [0.3, 0.4) is 0 Å². The molecule has 0 aliphatic rings. The van der Waals surface area contributed by atoms with Crippen LogP contribution >= 0.6 is 0 Å². The topological polar surface area (TPSA) is 54.6 Å². The third-order valence-electron chi connectivity index (χ3n) is 2.76. The Balaban J connectivity index is 1.99. The molecule has 0 spiro atoms. The van der Waals surface area contributed by atoms with Crippen LogP contribution in [-0.4, -0.2) is 13.3 Å². The molecular weight excluding hydrogens is 252 g/mol. The van der Waals surface area contributed by atoms with Crippen molar-refractivity contribution < 1.29 is 9.57 Å². The fourth-order valence-corrected chi connectivity index (χ4v) is 1.73. The van der Waals surface area contributed by atoms with Crippen molar-refractivity contribution in [2.24, 2.45) is 5.16 Å². The van der Waals surface area contributed by atoms with Crippen LogP contribution in [0.2, 0.25) is 0 Å². The van der Waals surface area contributed by atoms with Gasteiger partial charge in [0.25, 0.3) is 0 Å². The van der Waals surface area contributed by atoms with Gasteiger partial charge in [-0.15, -0.1) is 0 Å². The second kappa shape index (κ2) is 6.95. The Kier molecular flexibility index (Phi) is 4.74. The lowest BCUT2D eigenvalue weighted by Crippen LogP contribution is -1.93. The van der Waals surface area contributed by atoms with Crippen molar-refractivity contribution in [3.8, 4) is 11.8 Å². The standard InChI is InChI=1S/C16H14N2O2/c1-19-16-9-5-4-7-14(16)11-18-20-12-15-8-3-2-6-13(15)10-17/h2-9,11H,12H2,1H3/b18-11-. The van der Waals surface area contributed by atoms with Gasteiger partial charge in [-0.2, -0.15) is 5.26 Å². The molecule has 0 N–H and O–H groups in total. The van der Waals surface area contributed by atoms with Crippen molar-refractivity contribution in [3.05, 3.63) is 65.2 Å². The first-order chi connectivity index (χ1) is 9.85. The van der Waals surface area contributed by atoms with Gasteiger partial charge in [0.2, 0.25) is 0 Å². The van der Waals surface area contributed by atoms with Crippen LogP contribution in [0.1, 0.15) is 16.7 Å². The van der Waals surface area contributed by atoms with Gasteiger partial charge in [-0.05, 0) is 18.2 Å². The lowest BCUT2D eigenvalue weighted by molar-refractivity contribution is 0.132. The van der Waals surface area contributed by atoms with E-state index < -0.39 is 0 Å². The average molecular weight is 266 g/mol. The summed E-state index contributed by atoms with van der Waals surface area (Å²) in [5.41, 5.74) is 2.25. The molecule has 0 radical (unpaired) electrons. The van der Waals surface area contributed by atoms with Gasteiger partial charge in [-0.3, -0.25) is 0 Å². The van der Waals surface area contributed by atoms with E-state index in [1.165, 1.54) is 0 Å². The van der Waals surface area contributed by atoms with Gasteiger partial charge >= 0.3 is 0 Å². The molecule has 0 amide bonds. The molecule has 0 aliphatic carbocycles. The molecule has 0 atom stereocenters. The van der Waals surface area contributed by atoms with Crippen molar-refractivity contribution >= 4 is 6.21 Å². The third-order valence-corrected chi connectivity index (χ3v) is 2.76. The maximum atomic E-state index is 8.96. The Hall–Kier alpha value is -2.80. The maximum Gasteiger partial charge on any atom is 0.143 e. The first-order valence-electron chi connectivity index (χ1n) is 6.11. The summed E-state index contributed by atoms with van der Waals surface area (Å²) in [4.78, 5) is 5.23. The fourth-order valence-electron chi connectivity index (χ4n) is 1.73. The second-order valence-electron chi connectivity index (χ2n) is 4.02. The molecule has 0 saturated heterocycles. The highest BCUT2D eigenvalue weighted by molar-refractivity contribution is 5.82. The highest BCUT2D eigenvalue weighted by atomic mass is 16.6. The van der Waals surface area contributed by atoms with Gasteiger partial charge < -0.3 is 9.57 Å². The Morgan fingerprint density at radius 1 is 1.15 bits per heavy atom. The minimum absolute atomic E-state index is 0.259. The SMILES string of the molecule is COc1ccccc1/C=N\OCc1ccccc1C#N. The molecule has 0 fully saturated rings. The summed E-state index contributed by atoms with van der Waals surface area (Å²) < 4.78 is 5.21. The van der Waals surface area contributed by atoms with Crippen LogP contribution in [0.15, 0.2) is 53.7 Å². The summed E-state index contributed by atoms with van der Waals surface area (Å²) in [7, 11) is 1.61. The molecule has 100 valence electrons. The van der Waals surface area contributed by atoms with E-state index >= 15 is 0 Å². The van der Waals surface area contributed by atoms with Crippen molar-refractivity contribution in [1.82, 2.24) is 0 Å². The van der Waals surface area contributed by atoms with Gasteiger partial charge in [0, 0.05) is 11.1 Å². The Morgan fingerprint density at radius 2 is 1.90 bits per heavy atom. The summed E-state index contributed by atoms with van der Waals surface area (Å²) in [6.07, 6.45) is 1.59. The number of hydrogen-bond donors (Lipinski definition) is 0. The molecule has 2 rings (SSSR count). The van der Waals surface area contributed by atoms with E-state index in [0.717, 1.165) is 16.9 Å². The molecular formula is C16H14N2O2. The number of methoxy groups -OCH3 is 1. The maximum absolute atomic E-state index is 8.96. The smallest absolute Gasteiger partial charge is 0.143 e. The summed E-state index contributed by atoms with van der Waals surface area (Å²) >= 11 is 0. The monoisotopic (exact) mass is 266 g/mol. The number of hydrogen-bond acceptors (Lipinski definition) is 4. The number of oxime groups is 1. The highest BCUT2D eigenvalue weighted by Gasteiger charge is 2.01. The minimum atomic E-state index is 0.259. The number of rotatable bonds is 5. The van der Waals surface area contributed by atoms with E-state index in [1.807, 2.05) is 42.5 Å². The van der Waals surface area contributed by atoms with E-state index in [9.17, 15) is 0 Å². The van der Waals surface area contributed by atoms with Gasteiger partial charge in [-0.25, -0.2) is 0 Å². The molecule has 0 heterocycles. The van der Waals surface area contributed by atoms with E-state index in [0.29, 0.717) is 5.56 Å². The number of nitrogens with zero attached hydrogens (tertiary/aromatic N) is 2. The summed E-state index contributed by atoms with van der Waals surface area (Å²) in [6.45, 7) is 0.259. The zero-order valence-electron chi connectivity index (χ0n) is 11.1. The van der Waals surface area contributed by atoms with E-state index in [4.69, 9.17) is 14.8 Å². The molecule has 4 nitrogen and oxygen atoms in total. The number of ether oxygens (including phenoxy) is 1. The van der Waals surface area contributed by atoms with Crippen molar-refractivity contribution in [3.63, 3.8) is 0 Å².